The van der Waals surface area contributed by atoms with E-state index in [9.17, 15) is 23.7 Å². The van der Waals surface area contributed by atoms with E-state index in [1.165, 1.54) is 0 Å². The summed E-state index contributed by atoms with van der Waals surface area (Å²) >= 11 is 2.94. The third-order valence-electron chi connectivity index (χ3n) is 2.29. The van der Waals surface area contributed by atoms with Crippen molar-refractivity contribution >= 4 is 27.6 Å². The number of halogens is 3. The van der Waals surface area contributed by atoms with Gasteiger partial charge in [-0.2, -0.15) is 0 Å². The van der Waals surface area contributed by atoms with Gasteiger partial charge in [-0.3, -0.25) is 14.9 Å². The molecule has 0 bridgehead atoms. The minimum Gasteiger partial charge on any atom is -0.465 e. The van der Waals surface area contributed by atoms with Crippen LogP contribution < -0.4 is 0 Å². The summed E-state index contributed by atoms with van der Waals surface area (Å²) < 4.78 is 31.3. The molecule has 0 saturated carbocycles. The number of hydrogen-bond donors (Lipinski definition) is 0. The van der Waals surface area contributed by atoms with Gasteiger partial charge < -0.3 is 4.74 Å². The van der Waals surface area contributed by atoms with E-state index in [0.717, 1.165) is 6.07 Å². The summed E-state index contributed by atoms with van der Waals surface area (Å²) in [5, 5.41) is 10.7. The molecular formula is C11H10BrF2NO4. The van der Waals surface area contributed by atoms with E-state index in [2.05, 4.69) is 20.7 Å². The van der Waals surface area contributed by atoms with Gasteiger partial charge in [-0.1, -0.05) is 15.9 Å². The van der Waals surface area contributed by atoms with Crippen molar-refractivity contribution in [1.29, 1.82) is 0 Å². The molecule has 1 unspecified atom stereocenters. The van der Waals surface area contributed by atoms with E-state index in [0.29, 0.717) is 6.07 Å². The molecule has 1 atom stereocenters. The van der Waals surface area contributed by atoms with Crippen molar-refractivity contribution in [2.24, 2.45) is 0 Å². The minimum atomic E-state index is -1.33. The lowest BCUT2D eigenvalue weighted by Crippen LogP contribution is -2.21. The Labute approximate surface area is 115 Å². The molecule has 0 saturated heterocycles. The van der Waals surface area contributed by atoms with Gasteiger partial charge in [-0.15, -0.1) is 0 Å². The van der Waals surface area contributed by atoms with Crippen LogP contribution in [0.2, 0.25) is 0 Å². The van der Waals surface area contributed by atoms with Crippen molar-refractivity contribution in [1.82, 2.24) is 0 Å². The van der Waals surface area contributed by atoms with Crippen LogP contribution >= 0.6 is 15.9 Å². The monoisotopic (exact) mass is 337 g/mol. The van der Waals surface area contributed by atoms with Gasteiger partial charge in [0.05, 0.1) is 17.1 Å². The second-order valence-electron chi connectivity index (χ2n) is 3.54. The zero-order chi connectivity index (χ0) is 14.6. The zero-order valence-electron chi connectivity index (χ0n) is 9.86. The number of benzene rings is 1. The SMILES string of the molecule is CCOC(=O)C(Br)Cc1c([N+](=O)[O-])ccc(F)c1F. The molecule has 1 aromatic carbocycles. The van der Waals surface area contributed by atoms with Crippen LogP contribution in [0, 0.1) is 21.7 Å². The van der Waals surface area contributed by atoms with Gasteiger partial charge in [-0.05, 0) is 13.0 Å². The number of nitro groups is 1. The Morgan fingerprint density at radius 3 is 2.68 bits per heavy atom. The first-order chi connectivity index (χ1) is 8.88. The molecule has 5 nitrogen and oxygen atoms in total. The van der Waals surface area contributed by atoms with Gasteiger partial charge in [-0.25, -0.2) is 8.78 Å². The van der Waals surface area contributed by atoms with Crippen LogP contribution in [-0.2, 0) is 16.0 Å². The quantitative estimate of drug-likeness (QED) is 0.358. The first-order valence-corrected chi connectivity index (χ1v) is 6.22. The van der Waals surface area contributed by atoms with E-state index in [1.807, 2.05) is 0 Å². The molecule has 0 heterocycles. The smallest absolute Gasteiger partial charge is 0.320 e. The molecule has 1 aromatic rings. The van der Waals surface area contributed by atoms with E-state index < -0.39 is 38.6 Å². The van der Waals surface area contributed by atoms with Crippen molar-refractivity contribution in [3.63, 3.8) is 0 Å². The molecule has 0 radical (unpaired) electrons. The van der Waals surface area contributed by atoms with Crippen molar-refractivity contribution in [2.45, 2.75) is 18.2 Å². The lowest BCUT2D eigenvalue weighted by Gasteiger charge is -2.10. The summed E-state index contributed by atoms with van der Waals surface area (Å²) in [6, 6.07) is 1.53. The number of rotatable bonds is 5. The van der Waals surface area contributed by atoms with E-state index in [4.69, 9.17) is 0 Å². The number of ether oxygens (including phenoxy) is 1. The van der Waals surface area contributed by atoms with E-state index >= 15 is 0 Å². The molecule has 19 heavy (non-hydrogen) atoms. The van der Waals surface area contributed by atoms with E-state index in [-0.39, 0.29) is 13.0 Å². The van der Waals surface area contributed by atoms with Crippen molar-refractivity contribution in [3.05, 3.63) is 39.4 Å². The number of nitrogens with zero attached hydrogens (tertiary/aromatic N) is 1. The second kappa shape index (κ2) is 6.55. The van der Waals surface area contributed by atoms with Gasteiger partial charge in [0.15, 0.2) is 11.6 Å². The normalized spacial score (nSPS) is 12.0. The predicted molar refractivity (Wildman–Crippen MR) is 66.1 cm³/mol. The highest BCUT2D eigenvalue weighted by Gasteiger charge is 2.26. The average Bonchev–Trinajstić information content (AvgIpc) is 2.34. The molecule has 0 aliphatic rings. The third kappa shape index (κ3) is 3.69. The zero-order valence-corrected chi connectivity index (χ0v) is 11.4. The lowest BCUT2D eigenvalue weighted by molar-refractivity contribution is -0.385. The first kappa shape index (κ1) is 15.5. The number of alkyl halides is 1. The topological polar surface area (TPSA) is 69.4 Å². The second-order valence-corrected chi connectivity index (χ2v) is 4.65. The van der Waals surface area contributed by atoms with Gasteiger partial charge in [0.2, 0.25) is 0 Å². The van der Waals surface area contributed by atoms with E-state index in [1.54, 1.807) is 6.92 Å². The highest BCUT2D eigenvalue weighted by molar-refractivity contribution is 9.10. The largest absolute Gasteiger partial charge is 0.465 e. The molecule has 8 heteroatoms. The Bertz CT molecular complexity index is 510. The Morgan fingerprint density at radius 2 is 2.16 bits per heavy atom. The summed E-state index contributed by atoms with van der Waals surface area (Å²) in [6.07, 6.45) is -0.376. The number of nitro benzene ring substituents is 1. The average molecular weight is 338 g/mol. The summed E-state index contributed by atoms with van der Waals surface area (Å²) in [4.78, 5) is 20.3. The highest BCUT2D eigenvalue weighted by Crippen LogP contribution is 2.26. The molecule has 1 rings (SSSR count). The fourth-order valence-electron chi connectivity index (χ4n) is 1.44. The molecule has 0 fully saturated rings. The van der Waals surface area contributed by atoms with Gasteiger partial charge in [0.25, 0.3) is 5.69 Å². The first-order valence-electron chi connectivity index (χ1n) is 5.30. The van der Waals surface area contributed by atoms with Crippen molar-refractivity contribution in [3.8, 4) is 0 Å². The van der Waals surface area contributed by atoms with Gasteiger partial charge in [0.1, 0.15) is 4.83 Å². The Balaban J connectivity index is 3.08. The van der Waals surface area contributed by atoms with Crippen LogP contribution in [0.15, 0.2) is 12.1 Å². The maximum atomic E-state index is 13.6. The molecule has 0 spiro atoms. The van der Waals surface area contributed by atoms with Crippen LogP contribution in [0.4, 0.5) is 14.5 Å². The van der Waals surface area contributed by atoms with Gasteiger partial charge in [0, 0.05) is 12.5 Å². The lowest BCUT2D eigenvalue weighted by atomic mass is 10.1. The molecule has 0 aliphatic carbocycles. The van der Waals surface area contributed by atoms with Crippen LogP contribution in [0.25, 0.3) is 0 Å². The van der Waals surface area contributed by atoms with Crippen LogP contribution in [0.3, 0.4) is 0 Å². The standard InChI is InChI=1S/C11H10BrF2NO4/c1-2-19-11(16)7(12)5-6-9(15(17)18)4-3-8(13)10(6)14/h3-4,7H,2,5H2,1H3. The molecular weight excluding hydrogens is 328 g/mol. The summed E-state index contributed by atoms with van der Waals surface area (Å²) in [5.41, 5.74) is -1.05. The fourth-order valence-corrected chi connectivity index (χ4v) is 1.90. The van der Waals surface area contributed by atoms with Crippen LogP contribution in [0.1, 0.15) is 12.5 Å². The minimum absolute atomic E-state index is 0.120. The van der Waals surface area contributed by atoms with Crippen LogP contribution in [-0.4, -0.2) is 22.3 Å². The number of hydrogen-bond acceptors (Lipinski definition) is 4. The molecule has 104 valence electrons. The Hall–Kier alpha value is -1.57. The summed E-state index contributed by atoms with van der Waals surface area (Å²) in [6.45, 7) is 1.71. The predicted octanol–water partition coefficient (Wildman–Crippen LogP) is 2.74. The maximum absolute atomic E-state index is 13.6. The summed E-state index contributed by atoms with van der Waals surface area (Å²) in [5.74, 6) is -3.23. The number of esters is 1. The molecule has 0 amide bonds. The third-order valence-corrected chi connectivity index (χ3v) is 2.99. The molecule has 0 aliphatic heterocycles. The van der Waals surface area contributed by atoms with Crippen LogP contribution in [0.5, 0.6) is 0 Å². The van der Waals surface area contributed by atoms with Crippen molar-refractivity contribution < 1.29 is 23.2 Å². The van der Waals surface area contributed by atoms with Crippen molar-refractivity contribution in [2.75, 3.05) is 6.61 Å². The van der Waals surface area contributed by atoms with Gasteiger partial charge >= 0.3 is 5.97 Å². The summed E-state index contributed by atoms with van der Waals surface area (Å²) in [7, 11) is 0. The Morgan fingerprint density at radius 1 is 1.53 bits per heavy atom. The molecule has 0 aromatic heterocycles. The fraction of sp³-hybridized carbons (Fsp3) is 0.364. The maximum Gasteiger partial charge on any atom is 0.320 e. The molecule has 0 N–H and O–H groups in total. The number of carbonyl (C=O) groups is 1. The highest BCUT2D eigenvalue weighted by atomic mass is 79.9. The number of carbonyl (C=O) groups excluding carboxylic acids is 1. The Kier molecular flexibility index (Phi) is 5.34.